The Morgan fingerprint density at radius 3 is 1.79 bits per heavy atom. The summed E-state index contributed by atoms with van der Waals surface area (Å²) in [6, 6.07) is 69.7. The Morgan fingerprint density at radius 2 is 1.00 bits per heavy atom. The second-order valence-corrected chi connectivity index (χ2v) is 15.0. The summed E-state index contributed by atoms with van der Waals surface area (Å²) in [5.74, 6) is 0. The van der Waals surface area contributed by atoms with Gasteiger partial charge < -0.3 is 9.47 Å². The molecule has 0 atom stereocenters. The molecule has 0 saturated carbocycles. The molecule has 12 rings (SSSR count). The van der Waals surface area contributed by atoms with E-state index in [1.54, 1.807) is 0 Å². The molecule has 58 heavy (non-hydrogen) atoms. The zero-order valence-corrected chi connectivity index (χ0v) is 31.4. The molecule has 3 aromatic heterocycles. The van der Waals surface area contributed by atoms with Crippen LogP contribution < -0.4 is 4.90 Å². The monoisotopic (exact) mass is 738 g/mol. The fourth-order valence-corrected chi connectivity index (χ4v) is 9.07. The summed E-state index contributed by atoms with van der Waals surface area (Å²) in [5.41, 5.74) is 16.8. The highest BCUT2D eigenvalue weighted by Crippen LogP contribution is 2.52. The van der Waals surface area contributed by atoms with Gasteiger partial charge in [0.15, 0.2) is 0 Å². The number of nitrogens with zero attached hydrogens (tertiary/aromatic N) is 4. The summed E-state index contributed by atoms with van der Waals surface area (Å²) < 4.78 is 2.40. The molecule has 0 N–H and O–H groups in total. The summed E-state index contributed by atoms with van der Waals surface area (Å²) in [7, 11) is 0. The molecule has 4 heteroatoms. The Bertz CT molecular complexity index is 3390. The maximum Gasteiger partial charge on any atom is 0.0831 e. The molecule has 0 unspecified atom stereocenters. The van der Waals surface area contributed by atoms with Gasteiger partial charge in [0.2, 0.25) is 0 Å². The van der Waals surface area contributed by atoms with Crippen molar-refractivity contribution in [2.24, 2.45) is 0 Å². The van der Waals surface area contributed by atoms with Crippen LogP contribution in [0.2, 0.25) is 0 Å². The van der Waals surface area contributed by atoms with Crippen LogP contribution in [0.3, 0.4) is 0 Å². The largest absolute Gasteiger partial charge is 0.309 e. The molecule has 11 aromatic rings. The van der Waals surface area contributed by atoms with E-state index in [2.05, 4.69) is 204 Å². The molecule has 8 aromatic carbocycles. The minimum absolute atomic E-state index is 0.955. The van der Waals surface area contributed by atoms with E-state index in [4.69, 9.17) is 9.97 Å². The standard InChI is InChI=1S/C54H34N4/c1-4-13-35(14-5-1)37-17-12-18-38(29-37)40-23-27-48-45(30-40)47-33-55-34-52-53(47)54(56-48)44-21-10-11-22-49(44)58(52)42-25-26-43-46-31-39(36-15-6-2-7-16-36)24-28-50(46)57(51(43)32-42)41-19-8-3-9-20-41/h1-34H. The molecule has 0 spiro atoms. The van der Waals surface area contributed by atoms with Gasteiger partial charge in [0.05, 0.1) is 39.8 Å². The minimum atomic E-state index is 0.955. The number of pyridine rings is 2. The van der Waals surface area contributed by atoms with Crippen LogP contribution in [0.5, 0.6) is 0 Å². The van der Waals surface area contributed by atoms with Crippen LogP contribution in [-0.2, 0) is 0 Å². The normalized spacial score (nSPS) is 12.1. The van der Waals surface area contributed by atoms with E-state index in [-0.39, 0.29) is 0 Å². The Hall–Kier alpha value is -7.82. The van der Waals surface area contributed by atoms with Crippen LogP contribution in [-0.4, -0.2) is 14.5 Å². The lowest BCUT2D eigenvalue weighted by Crippen LogP contribution is -2.16. The third-order valence-electron chi connectivity index (χ3n) is 11.8. The fraction of sp³-hybridized carbons (Fsp3) is 0. The molecular formula is C54H34N4. The molecule has 270 valence electrons. The number of benzene rings is 8. The van der Waals surface area contributed by atoms with E-state index < -0.39 is 0 Å². The first kappa shape index (κ1) is 32.4. The number of hydrogen-bond donors (Lipinski definition) is 0. The van der Waals surface area contributed by atoms with Crippen molar-refractivity contribution in [2.75, 3.05) is 4.90 Å². The maximum atomic E-state index is 5.41. The second-order valence-electron chi connectivity index (χ2n) is 15.0. The molecular weight excluding hydrogens is 705 g/mol. The lowest BCUT2D eigenvalue weighted by molar-refractivity contribution is 1.17. The number of fused-ring (bicyclic) bond motifs is 7. The van der Waals surface area contributed by atoms with Gasteiger partial charge in [-0.1, -0.05) is 133 Å². The van der Waals surface area contributed by atoms with Crippen LogP contribution in [0, 0.1) is 0 Å². The summed E-state index contributed by atoms with van der Waals surface area (Å²) in [6.45, 7) is 0. The quantitative estimate of drug-likeness (QED) is 0.165. The highest BCUT2D eigenvalue weighted by atomic mass is 15.2. The second kappa shape index (κ2) is 12.9. The van der Waals surface area contributed by atoms with Crippen molar-refractivity contribution in [1.29, 1.82) is 0 Å². The van der Waals surface area contributed by atoms with E-state index in [1.165, 1.54) is 44.1 Å². The van der Waals surface area contributed by atoms with Crippen LogP contribution in [0.15, 0.2) is 207 Å². The van der Waals surface area contributed by atoms with E-state index in [0.717, 1.165) is 66.8 Å². The van der Waals surface area contributed by atoms with Crippen molar-refractivity contribution < 1.29 is 0 Å². The summed E-state index contributed by atoms with van der Waals surface area (Å²) in [6.07, 6.45) is 4.02. The smallest absolute Gasteiger partial charge is 0.0831 e. The summed E-state index contributed by atoms with van der Waals surface area (Å²) >= 11 is 0. The predicted octanol–water partition coefficient (Wildman–Crippen LogP) is 14.3. The fourth-order valence-electron chi connectivity index (χ4n) is 9.07. The van der Waals surface area contributed by atoms with Gasteiger partial charge in [-0.15, -0.1) is 0 Å². The molecule has 0 saturated heterocycles. The van der Waals surface area contributed by atoms with Crippen molar-refractivity contribution in [3.63, 3.8) is 0 Å². The van der Waals surface area contributed by atoms with E-state index in [0.29, 0.717) is 0 Å². The molecule has 1 aliphatic heterocycles. The first-order valence-corrected chi connectivity index (χ1v) is 19.7. The van der Waals surface area contributed by atoms with Crippen molar-refractivity contribution in [3.8, 4) is 50.3 Å². The van der Waals surface area contributed by atoms with E-state index in [9.17, 15) is 0 Å². The van der Waals surface area contributed by atoms with Crippen LogP contribution >= 0.6 is 0 Å². The zero-order valence-electron chi connectivity index (χ0n) is 31.4. The highest BCUT2D eigenvalue weighted by Gasteiger charge is 2.29. The lowest BCUT2D eigenvalue weighted by atomic mass is 9.93. The average Bonchev–Trinajstić information content (AvgIpc) is 3.63. The summed E-state index contributed by atoms with van der Waals surface area (Å²) in [4.78, 5) is 12.7. The van der Waals surface area contributed by atoms with Gasteiger partial charge in [0, 0.05) is 50.1 Å². The van der Waals surface area contributed by atoms with E-state index in [1.807, 2.05) is 12.4 Å². The average molecular weight is 739 g/mol. The maximum absolute atomic E-state index is 5.41. The van der Waals surface area contributed by atoms with Gasteiger partial charge in [-0.3, -0.25) is 4.98 Å². The lowest BCUT2D eigenvalue weighted by Gasteiger charge is -2.33. The molecule has 0 fully saturated rings. The van der Waals surface area contributed by atoms with Crippen LogP contribution in [0.25, 0.3) is 93.8 Å². The van der Waals surface area contributed by atoms with Gasteiger partial charge in [-0.25, -0.2) is 4.98 Å². The number of para-hydroxylation sites is 2. The minimum Gasteiger partial charge on any atom is -0.309 e. The molecule has 4 nitrogen and oxygen atoms in total. The number of anilines is 3. The number of aromatic nitrogens is 3. The van der Waals surface area contributed by atoms with Gasteiger partial charge in [0.25, 0.3) is 0 Å². The Morgan fingerprint density at radius 1 is 0.362 bits per heavy atom. The molecule has 1 aliphatic rings. The first-order chi connectivity index (χ1) is 28.8. The number of rotatable bonds is 5. The van der Waals surface area contributed by atoms with Gasteiger partial charge in [-0.05, 0) is 94.0 Å². The van der Waals surface area contributed by atoms with E-state index >= 15 is 0 Å². The van der Waals surface area contributed by atoms with Crippen LogP contribution in [0.4, 0.5) is 17.1 Å². The third-order valence-corrected chi connectivity index (χ3v) is 11.8. The Balaban J connectivity index is 1.07. The van der Waals surface area contributed by atoms with Crippen molar-refractivity contribution in [1.82, 2.24) is 14.5 Å². The van der Waals surface area contributed by atoms with Crippen molar-refractivity contribution in [3.05, 3.63) is 207 Å². The van der Waals surface area contributed by atoms with Gasteiger partial charge in [0.1, 0.15) is 0 Å². The third kappa shape index (κ3) is 5.02. The van der Waals surface area contributed by atoms with Crippen LogP contribution in [0.1, 0.15) is 0 Å². The Kier molecular flexibility index (Phi) is 7.20. The van der Waals surface area contributed by atoms with Crippen molar-refractivity contribution in [2.45, 2.75) is 0 Å². The zero-order chi connectivity index (χ0) is 38.2. The number of hydrogen-bond acceptors (Lipinski definition) is 3. The summed E-state index contributed by atoms with van der Waals surface area (Å²) in [5, 5.41) is 5.71. The molecule has 0 bridgehead atoms. The molecule has 0 amide bonds. The highest BCUT2D eigenvalue weighted by molar-refractivity contribution is 6.20. The Labute approximate surface area is 335 Å². The SMILES string of the molecule is c1ccc(-c2cccc(-c3ccc4nc5c6c(cncc6c4c3)N(c3ccc4c6cc(-c7ccccc7)ccc6n(-c6ccccc6)c4c3)c3ccccc3-5)c2)cc1. The van der Waals surface area contributed by atoms with Gasteiger partial charge in [-0.2, -0.15) is 0 Å². The molecule has 0 aliphatic carbocycles. The molecule has 4 heterocycles. The van der Waals surface area contributed by atoms with Crippen molar-refractivity contribution >= 4 is 60.5 Å². The molecule has 0 radical (unpaired) electrons. The first-order valence-electron chi connectivity index (χ1n) is 19.7. The topological polar surface area (TPSA) is 34.0 Å². The predicted molar refractivity (Wildman–Crippen MR) is 241 cm³/mol. The van der Waals surface area contributed by atoms with Gasteiger partial charge >= 0.3 is 0 Å².